The molecule has 0 unspecified atom stereocenters. The minimum Gasteiger partial charge on any atom is -0.461 e. The molecule has 1 rings (SSSR count). The molecule has 0 bridgehead atoms. The van der Waals surface area contributed by atoms with E-state index in [2.05, 4.69) is 15.0 Å². The Balaban J connectivity index is 2.52. The zero-order chi connectivity index (χ0) is 13.8. The van der Waals surface area contributed by atoms with E-state index in [4.69, 9.17) is 15.2 Å². The summed E-state index contributed by atoms with van der Waals surface area (Å²) >= 11 is 0. The second-order valence-corrected chi connectivity index (χ2v) is 4.98. The SMILES string of the molecule is CN(C)c1nc(N)nc(OCCOC(C)(C)C)n1. The van der Waals surface area contributed by atoms with Gasteiger partial charge in [0.15, 0.2) is 0 Å². The normalized spacial score (nSPS) is 11.4. The van der Waals surface area contributed by atoms with Crippen LogP contribution in [0.2, 0.25) is 0 Å². The van der Waals surface area contributed by atoms with E-state index >= 15 is 0 Å². The zero-order valence-corrected chi connectivity index (χ0v) is 11.6. The van der Waals surface area contributed by atoms with Crippen molar-refractivity contribution >= 4 is 11.9 Å². The fourth-order valence-corrected chi connectivity index (χ4v) is 1.11. The van der Waals surface area contributed by atoms with Crippen molar-refractivity contribution in [1.82, 2.24) is 15.0 Å². The lowest BCUT2D eigenvalue weighted by Crippen LogP contribution is -2.23. The summed E-state index contributed by atoms with van der Waals surface area (Å²) in [6, 6.07) is 0.212. The van der Waals surface area contributed by atoms with Crippen molar-refractivity contribution in [2.24, 2.45) is 0 Å². The summed E-state index contributed by atoms with van der Waals surface area (Å²) in [7, 11) is 3.64. The number of hydrogen-bond acceptors (Lipinski definition) is 7. The average Bonchev–Trinajstić information content (AvgIpc) is 2.22. The van der Waals surface area contributed by atoms with E-state index in [0.717, 1.165) is 0 Å². The van der Waals surface area contributed by atoms with Gasteiger partial charge >= 0.3 is 6.01 Å². The Hall–Kier alpha value is -1.63. The van der Waals surface area contributed by atoms with Crippen LogP contribution in [0.15, 0.2) is 0 Å². The molecule has 0 spiro atoms. The smallest absolute Gasteiger partial charge is 0.323 e. The molecule has 1 aromatic heterocycles. The van der Waals surface area contributed by atoms with Gasteiger partial charge in [0.2, 0.25) is 11.9 Å². The highest BCUT2D eigenvalue weighted by Gasteiger charge is 2.10. The predicted octanol–water partition coefficient (Wildman–Crippen LogP) is 0.714. The molecule has 1 heterocycles. The first-order valence-corrected chi connectivity index (χ1v) is 5.73. The molecule has 7 heteroatoms. The van der Waals surface area contributed by atoms with Crippen LogP contribution >= 0.6 is 0 Å². The number of hydrogen-bond donors (Lipinski definition) is 1. The molecule has 7 nitrogen and oxygen atoms in total. The van der Waals surface area contributed by atoms with Gasteiger partial charge in [-0.2, -0.15) is 15.0 Å². The van der Waals surface area contributed by atoms with Crippen LogP contribution in [-0.2, 0) is 4.74 Å². The molecule has 0 saturated carbocycles. The van der Waals surface area contributed by atoms with Crippen LogP contribution in [0.3, 0.4) is 0 Å². The fraction of sp³-hybridized carbons (Fsp3) is 0.727. The first-order valence-electron chi connectivity index (χ1n) is 5.73. The summed E-state index contributed by atoms with van der Waals surface area (Å²) in [4.78, 5) is 13.7. The molecule has 0 aliphatic rings. The standard InChI is InChI=1S/C11H21N5O2/c1-11(2,3)18-7-6-17-10-14-8(12)13-9(15-10)16(4)5/h6-7H2,1-5H3,(H2,12,13,14,15). The Morgan fingerprint density at radius 1 is 1.11 bits per heavy atom. The Bertz CT molecular complexity index is 390. The summed E-state index contributed by atoms with van der Waals surface area (Å²) in [6.45, 7) is 6.79. The third-order valence-electron chi connectivity index (χ3n) is 1.87. The highest BCUT2D eigenvalue weighted by molar-refractivity contribution is 5.33. The maximum absolute atomic E-state index is 5.57. The number of ether oxygens (including phenoxy) is 2. The van der Waals surface area contributed by atoms with Crippen molar-refractivity contribution < 1.29 is 9.47 Å². The lowest BCUT2D eigenvalue weighted by Gasteiger charge is -2.19. The van der Waals surface area contributed by atoms with Crippen LogP contribution in [0.1, 0.15) is 20.8 Å². The molecule has 0 saturated heterocycles. The number of nitrogen functional groups attached to an aromatic ring is 1. The maximum atomic E-state index is 5.57. The Labute approximate surface area is 107 Å². The third kappa shape index (κ3) is 5.13. The largest absolute Gasteiger partial charge is 0.461 e. The summed E-state index contributed by atoms with van der Waals surface area (Å²) < 4.78 is 10.9. The van der Waals surface area contributed by atoms with E-state index in [0.29, 0.717) is 19.2 Å². The number of anilines is 2. The van der Waals surface area contributed by atoms with Crippen molar-refractivity contribution in [2.45, 2.75) is 26.4 Å². The van der Waals surface area contributed by atoms with Crippen molar-refractivity contribution in [2.75, 3.05) is 37.9 Å². The molecule has 0 aliphatic carbocycles. The average molecular weight is 255 g/mol. The molecule has 0 aromatic carbocycles. The second-order valence-electron chi connectivity index (χ2n) is 4.98. The molecule has 18 heavy (non-hydrogen) atoms. The lowest BCUT2D eigenvalue weighted by atomic mass is 10.2. The number of nitrogens with zero attached hydrogens (tertiary/aromatic N) is 4. The lowest BCUT2D eigenvalue weighted by molar-refractivity contribution is -0.0173. The highest BCUT2D eigenvalue weighted by Crippen LogP contribution is 2.11. The quantitative estimate of drug-likeness (QED) is 0.775. The van der Waals surface area contributed by atoms with Crippen LogP contribution in [0.25, 0.3) is 0 Å². The Kier molecular flexibility index (Phi) is 4.66. The molecule has 0 radical (unpaired) electrons. The van der Waals surface area contributed by atoms with Crippen LogP contribution in [0.4, 0.5) is 11.9 Å². The molecule has 0 fully saturated rings. The first-order chi connectivity index (χ1) is 8.28. The van der Waals surface area contributed by atoms with Gasteiger partial charge in [0.1, 0.15) is 6.61 Å². The Morgan fingerprint density at radius 2 is 1.78 bits per heavy atom. The molecule has 0 amide bonds. The summed E-state index contributed by atoms with van der Waals surface area (Å²) in [5, 5.41) is 0. The highest BCUT2D eigenvalue weighted by atomic mass is 16.5. The van der Waals surface area contributed by atoms with Gasteiger partial charge in [0.25, 0.3) is 0 Å². The minimum absolute atomic E-state index is 0.139. The van der Waals surface area contributed by atoms with Gasteiger partial charge in [-0.15, -0.1) is 0 Å². The van der Waals surface area contributed by atoms with Gasteiger partial charge in [0.05, 0.1) is 12.2 Å². The van der Waals surface area contributed by atoms with Gasteiger partial charge in [-0.1, -0.05) is 0 Å². The molecule has 0 atom stereocenters. The van der Waals surface area contributed by atoms with Crippen molar-refractivity contribution in [3.63, 3.8) is 0 Å². The van der Waals surface area contributed by atoms with Crippen molar-refractivity contribution in [1.29, 1.82) is 0 Å². The molecule has 2 N–H and O–H groups in total. The number of rotatable bonds is 5. The second kappa shape index (κ2) is 5.81. The maximum Gasteiger partial charge on any atom is 0.323 e. The van der Waals surface area contributed by atoms with E-state index in [1.165, 1.54) is 0 Å². The van der Waals surface area contributed by atoms with Crippen LogP contribution in [0, 0.1) is 0 Å². The van der Waals surface area contributed by atoms with E-state index in [-0.39, 0.29) is 17.6 Å². The molecule has 0 aliphatic heterocycles. The monoisotopic (exact) mass is 255 g/mol. The van der Waals surface area contributed by atoms with Crippen LogP contribution in [0.5, 0.6) is 6.01 Å². The molecule has 102 valence electrons. The predicted molar refractivity (Wildman–Crippen MR) is 69.8 cm³/mol. The molecular formula is C11H21N5O2. The zero-order valence-electron chi connectivity index (χ0n) is 11.6. The van der Waals surface area contributed by atoms with E-state index < -0.39 is 0 Å². The first kappa shape index (κ1) is 14.4. The van der Waals surface area contributed by atoms with Gasteiger partial charge in [-0.25, -0.2) is 0 Å². The van der Waals surface area contributed by atoms with E-state index in [1.54, 1.807) is 4.90 Å². The van der Waals surface area contributed by atoms with Crippen molar-refractivity contribution in [3.05, 3.63) is 0 Å². The molecule has 1 aromatic rings. The Morgan fingerprint density at radius 3 is 2.33 bits per heavy atom. The van der Waals surface area contributed by atoms with Crippen molar-refractivity contribution in [3.8, 4) is 6.01 Å². The van der Waals surface area contributed by atoms with Gasteiger partial charge in [0, 0.05) is 14.1 Å². The van der Waals surface area contributed by atoms with E-state index in [9.17, 15) is 0 Å². The van der Waals surface area contributed by atoms with Gasteiger partial charge in [-0.05, 0) is 20.8 Å². The van der Waals surface area contributed by atoms with Crippen LogP contribution in [-0.4, -0.2) is 47.9 Å². The van der Waals surface area contributed by atoms with Gasteiger partial charge in [-0.3, -0.25) is 0 Å². The summed E-state index contributed by atoms with van der Waals surface area (Å²) in [5.74, 6) is 0.606. The molecular weight excluding hydrogens is 234 g/mol. The number of nitrogens with two attached hydrogens (primary N) is 1. The number of aromatic nitrogens is 3. The topological polar surface area (TPSA) is 86.4 Å². The summed E-state index contributed by atoms with van der Waals surface area (Å²) in [6.07, 6.45) is 0. The summed E-state index contributed by atoms with van der Waals surface area (Å²) in [5.41, 5.74) is 5.39. The fourth-order valence-electron chi connectivity index (χ4n) is 1.11. The van der Waals surface area contributed by atoms with Crippen LogP contribution < -0.4 is 15.4 Å². The van der Waals surface area contributed by atoms with Gasteiger partial charge < -0.3 is 20.1 Å². The van der Waals surface area contributed by atoms with E-state index in [1.807, 2.05) is 34.9 Å². The minimum atomic E-state index is -0.184. The third-order valence-corrected chi connectivity index (χ3v) is 1.87.